The molecule has 0 aromatic rings. The molecule has 2 fully saturated rings. The van der Waals surface area contributed by atoms with E-state index in [2.05, 4.69) is 20.4 Å². The van der Waals surface area contributed by atoms with E-state index < -0.39 is 5.54 Å². The lowest BCUT2D eigenvalue weighted by atomic mass is 9.79. The van der Waals surface area contributed by atoms with Crippen molar-refractivity contribution in [3.8, 4) is 0 Å². The molecule has 132 valence electrons. The van der Waals surface area contributed by atoms with Gasteiger partial charge in [0, 0.05) is 26.7 Å². The van der Waals surface area contributed by atoms with Crippen molar-refractivity contribution < 1.29 is 9.59 Å². The summed E-state index contributed by atoms with van der Waals surface area (Å²) >= 11 is 0. The number of hydrogen-bond donors (Lipinski definition) is 2. The van der Waals surface area contributed by atoms with Gasteiger partial charge in [0.2, 0.25) is 11.8 Å². The van der Waals surface area contributed by atoms with E-state index >= 15 is 0 Å². The van der Waals surface area contributed by atoms with Crippen molar-refractivity contribution in [1.29, 1.82) is 0 Å². The van der Waals surface area contributed by atoms with Crippen molar-refractivity contribution in [2.45, 2.75) is 56.5 Å². The largest absolute Gasteiger partial charge is 0.358 e. The first-order valence-electron chi connectivity index (χ1n) is 8.92. The summed E-state index contributed by atoms with van der Waals surface area (Å²) in [5, 5.41) is 5.90. The molecular weight excluding hydrogens is 292 g/mol. The van der Waals surface area contributed by atoms with E-state index in [1.807, 2.05) is 14.1 Å². The molecule has 2 rings (SSSR count). The van der Waals surface area contributed by atoms with Gasteiger partial charge in [-0.25, -0.2) is 0 Å². The van der Waals surface area contributed by atoms with Crippen LogP contribution in [0, 0.1) is 0 Å². The van der Waals surface area contributed by atoms with E-state index in [1.54, 1.807) is 7.05 Å². The number of likely N-dealkylation sites (tertiary alicyclic amines) is 1. The Hall–Kier alpha value is -1.14. The fourth-order valence-electron chi connectivity index (χ4n) is 4.09. The number of hydrogen-bond acceptors (Lipinski definition) is 4. The Kier molecular flexibility index (Phi) is 6.41. The number of carbonyl (C=O) groups is 2. The van der Waals surface area contributed by atoms with E-state index in [9.17, 15) is 9.59 Å². The molecule has 1 heterocycles. The third-order valence-corrected chi connectivity index (χ3v) is 5.29. The molecule has 1 atom stereocenters. The molecule has 6 nitrogen and oxygen atoms in total. The fourth-order valence-corrected chi connectivity index (χ4v) is 4.09. The second-order valence-electron chi connectivity index (χ2n) is 7.12. The van der Waals surface area contributed by atoms with Crippen molar-refractivity contribution in [3.63, 3.8) is 0 Å². The predicted molar refractivity (Wildman–Crippen MR) is 91.2 cm³/mol. The van der Waals surface area contributed by atoms with Crippen LogP contribution >= 0.6 is 0 Å². The number of rotatable bonds is 6. The summed E-state index contributed by atoms with van der Waals surface area (Å²) < 4.78 is 0. The molecule has 1 saturated carbocycles. The van der Waals surface area contributed by atoms with Gasteiger partial charge in [0.05, 0.1) is 6.04 Å². The highest BCUT2D eigenvalue weighted by Gasteiger charge is 2.49. The second-order valence-corrected chi connectivity index (χ2v) is 7.12. The van der Waals surface area contributed by atoms with Crippen LogP contribution in [0.2, 0.25) is 0 Å². The number of nitrogens with zero attached hydrogens (tertiary/aromatic N) is 2. The summed E-state index contributed by atoms with van der Waals surface area (Å²) in [6.45, 7) is 2.33. The highest BCUT2D eigenvalue weighted by atomic mass is 16.2. The van der Waals surface area contributed by atoms with Crippen molar-refractivity contribution in [2.75, 3.05) is 40.8 Å². The molecule has 23 heavy (non-hydrogen) atoms. The molecule has 0 radical (unpaired) electrons. The van der Waals surface area contributed by atoms with Gasteiger partial charge in [0.1, 0.15) is 5.54 Å². The summed E-state index contributed by atoms with van der Waals surface area (Å²) in [6, 6.07) is -0.160. The molecule has 2 aliphatic rings. The third kappa shape index (κ3) is 4.04. The molecule has 0 aromatic carbocycles. The highest BCUT2D eigenvalue weighted by Crippen LogP contribution is 2.38. The molecule has 1 saturated heterocycles. The van der Waals surface area contributed by atoms with Crippen LogP contribution in [-0.4, -0.2) is 74.0 Å². The number of likely N-dealkylation sites (N-methyl/N-ethyl adjacent to an activating group) is 2. The molecular formula is C17H32N4O2. The van der Waals surface area contributed by atoms with Crippen LogP contribution in [0.4, 0.5) is 0 Å². The van der Waals surface area contributed by atoms with Gasteiger partial charge in [-0.05, 0) is 39.8 Å². The normalized spacial score (nSPS) is 24.6. The van der Waals surface area contributed by atoms with Gasteiger partial charge in [-0.1, -0.05) is 19.3 Å². The third-order valence-electron chi connectivity index (χ3n) is 5.29. The fraction of sp³-hybridized carbons (Fsp3) is 0.882. The Labute approximate surface area is 140 Å². The van der Waals surface area contributed by atoms with Crippen LogP contribution in [-0.2, 0) is 9.59 Å². The molecule has 0 aromatic heterocycles. The van der Waals surface area contributed by atoms with E-state index in [0.29, 0.717) is 6.54 Å². The molecule has 0 bridgehead atoms. The first kappa shape index (κ1) is 18.2. The topological polar surface area (TPSA) is 64.7 Å². The van der Waals surface area contributed by atoms with E-state index in [-0.39, 0.29) is 17.9 Å². The van der Waals surface area contributed by atoms with Crippen LogP contribution < -0.4 is 10.6 Å². The Bertz CT molecular complexity index is 419. The van der Waals surface area contributed by atoms with E-state index in [0.717, 1.165) is 51.6 Å². The minimum absolute atomic E-state index is 0.0817. The van der Waals surface area contributed by atoms with E-state index in [4.69, 9.17) is 0 Å². The van der Waals surface area contributed by atoms with Crippen molar-refractivity contribution in [2.24, 2.45) is 0 Å². The Morgan fingerprint density at radius 2 is 1.87 bits per heavy atom. The maximum absolute atomic E-state index is 12.7. The molecule has 2 N–H and O–H groups in total. The van der Waals surface area contributed by atoms with Crippen LogP contribution in [0.3, 0.4) is 0 Å². The smallest absolute Gasteiger partial charge is 0.240 e. The van der Waals surface area contributed by atoms with Gasteiger partial charge < -0.3 is 15.5 Å². The van der Waals surface area contributed by atoms with Gasteiger partial charge in [0.25, 0.3) is 0 Å². The average molecular weight is 324 g/mol. The molecule has 6 heteroatoms. The Morgan fingerprint density at radius 3 is 2.48 bits per heavy atom. The molecule has 2 amide bonds. The first-order valence-corrected chi connectivity index (χ1v) is 8.92. The Morgan fingerprint density at radius 1 is 1.17 bits per heavy atom. The highest BCUT2D eigenvalue weighted by molar-refractivity contribution is 5.88. The zero-order valence-electron chi connectivity index (χ0n) is 14.9. The summed E-state index contributed by atoms with van der Waals surface area (Å²) in [5.74, 6) is 0.170. The minimum Gasteiger partial charge on any atom is -0.358 e. The Balaban J connectivity index is 2.08. The van der Waals surface area contributed by atoms with Gasteiger partial charge >= 0.3 is 0 Å². The van der Waals surface area contributed by atoms with Crippen LogP contribution in [0.5, 0.6) is 0 Å². The van der Waals surface area contributed by atoms with Crippen molar-refractivity contribution in [3.05, 3.63) is 0 Å². The molecule has 1 aliphatic carbocycles. The average Bonchev–Trinajstić information content (AvgIpc) is 3.04. The summed E-state index contributed by atoms with van der Waals surface area (Å²) in [4.78, 5) is 29.5. The van der Waals surface area contributed by atoms with Gasteiger partial charge in [-0.3, -0.25) is 14.5 Å². The number of nitrogens with one attached hydrogen (secondary N) is 2. The summed E-state index contributed by atoms with van der Waals surface area (Å²) in [6.07, 6.45) is 6.91. The molecule has 0 spiro atoms. The summed E-state index contributed by atoms with van der Waals surface area (Å²) in [7, 11) is 5.70. The quantitative estimate of drug-likeness (QED) is 0.750. The SMILES string of the molecule is CNC(=O)C1(N2CCC[C@H]2C(=O)NCCN(C)C)CCCCC1. The van der Waals surface area contributed by atoms with Crippen LogP contribution in [0.25, 0.3) is 0 Å². The molecule has 1 aliphatic heterocycles. The minimum atomic E-state index is -0.479. The van der Waals surface area contributed by atoms with Crippen LogP contribution in [0.1, 0.15) is 44.9 Å². The summed E-state index contributed by atoms with van der Waals surface area (Å²) in [5.41, 5.74) is -0.479. The van der Waals surface area contributed by atoms with Crippen molar-refractivity contribution in [1.82, 2.24) is 20.4 Å². The number of amides is 2. The molecule has 0 unspecified atom stereocenters. The van der Waals surface area contributed by atoms with Gasteiger partial charge in [0.15, 0.2) is 0 Å². The standard InChI is InChI=1S/C17H32N4O2/c1-18-16(23)17(9-5-4-6-10-17)21-12-7-8-14(21)15(22)19-11-13-20(2)3/h14H,4-13H2,1-3H3,(H,18,23)(H,19,22)/t14-/m0/s1. The zero-order chi connectivity index (χ0) is 16.9. The zero-order valence-corrected chi connectivity index (χ0v) is 14.9. The first-order chi connectivity index (χ1) is 11.0. The lowest BCUT2D eigenvalue weighted by Gasteiger charge is -2.45. The lowest BCUT2D eigenvalue weighted by Crippen LogP contribution is -2.63. The maximum Gasteiger partial charge on any atom is 0.240 e. The predicted octanol–water partition coefficient (Wildman–Crippen LogP) is 0.578. The lowest BCUT2D eigenvalue weighted by molar-refractivity contribution is -0.140. The van der Waals surface area contributed by atoms with Crippen molar-refractivity contribution >= 4 is 11.8 Å². The second kappa shape index (κ2) is 8.11. The van der Waals surface area contributed by atoms with E-state index in [1.165, 1.54) is 6.42 Å². The monoisotopic (exact) mass is 324 g/mol. The van der Waals surface area contributed by atoms with Gasteiger partial charge in [-0.15, -0.1) is 0 Å². The van der Waals surface area contributed by atoms with Gasteiger partial charge in [-0.2, -0.15) is 0 Å². The van der Waals surface area contributed by atoms with Crippen LogP contribution in [0.15, 0.2) is 0 Å². The number of carbonyl (C=O) groups excluding carboxylic acids is 2. The maximum atomic E-state index is 12.7.